The topological polar surface area (TPSA) is 355 Å². The number of aliphatic hydroxyl groups is 5. The SMILES string of the molecule is CCCCCCOC(=O)/N=C(\N)c1ccc(NCc2nc3cc(C(=O)N(CCC(=O)OCC)c4ccccn4)ccc3n2C)cc1.O.O.O=C(O)C(O)C(O)C(O)C(O)CO. The van der Waals surface area contributed by atoms with Crippen LogP contribution in [0.2, 0.25) is 0 Å². The highest BCUT2D eigenvalue weighted by atomic mass is 16.5. The number of anilines is 2. The number of carbonyl (C=O) groups is 4. The van der Waals surface area contributed by atoms with Crippen LogP contribution in [0.25, 0.3) is 11.0 Å². The average Bonchev–Trinajstić information content (AvgIpc) is 3.56. The first-order chi connectivity index (χ1) is 28.2. The van der Waals surface area contributed by atoms with Gasteiger partial charge in [-0.05, 0) is 67.9 Å². The molecule has 0 fully saturated rings. The summed E-state index contributed by atoms with van der Waals surface area (Å²) < 4.78 is 12.1. The maximum Gasteiger partial charge on any atom is 0.435 e. The lowest BCUT2D eigenvalue weighted by Gasteiger charge is -2.23. The number of amidine groups is 1. The largest absolute Gasteiger partial charge is 0.479 e. The number of imidazole rings is 1. The van der Waals surface area contributed by atoms with E-state index in [-0.39, 0.29) is 48.2 Å². The Balaban J connectivity index is 0.00000107. The van der Waals surface area contributed by atoms with Crippen LogP contribution < -0.4 is 16.0 Å². The molecule has 0 radical (unpaired) electrons. The number of hydrogen-bond acceptors (Lipinski definition) is 14. The number of rotatable bonds is 20. The fraction of sp³-hybridized carbons (Fsp3) is 0.425. The summed E-state index contributed by atoms with van der Waals surface area (Å²) in [7, 11) is 1.91. The van der Waals surface area contributed by atoms with Crippen molar-refractivity contribution in [3.63, 3.8) is 0 Å². The Kier molecular flexibility index (Phi) is 23.4. The predicted molar refractivity (Wildman–Crippen MR) is 224 cm³/mol. The number of nitrogens with one attached hydrogen (secondary N) is 1. The van der Waals surface area contributed by atoms with Crippen molar-refractivity contribution >= 4 is 52.3 Å². The lowest BCUT2D eigenvalue weighted by Crippen LogP contribution is -2.48. The number of aryl methyl sites for hydroxylation is 1. The molecule has 4 aromatic rings. The molecule has 61 heavy (non-hydrogen) atoms. The van der Waals surface area contributed by atoms with Crippen molar-refractivity contribution in [3.8, 4) is 0 Å². The van der Waals surface area contributed by atoms with Crippen molar-refractivity contribution in [3.05, 3.63) is 83.8 Å². The van der Waals surface area contributed by atoms with Crippen LogP contribution in [0.4, 0.5) is 16.3 Å². The minimum Gasteiger partial charge on any atom is -0.479 e. The van der Waals surface area contributed by atoms with Gasteiger partial charge in [-0.15, -0.1) is 0 Å². The molecule has 2 amide bonds. The molecular weight excluding hydrogens is 802 g/mol. The van der Waals surface area contributed by atoms with Gasteiger partial charge < -0.3 is 66.7 Å². The van der Waals surface area contributed by atoms with Crippen molar-refractivity contribution in [1.29, 1.82) is 0 Å². The zero-order valence-electron chi connectivity index (χ0n) is 34.2. The minimum absolute atomic E-state index is 0. The molecule has 0 aliphatic rings. The van der Waals surface area contributed by atoms with Crippen LogP contribution in [0.3, 0.4) is 0 Å². The monoisotopic (exact) mass is 859 g/mol. The van der Waals surface area contributed by atoms with Gasteiger partial charge in [-0.3, -0.25) is 14.5 Å². The molecule has 2 heterocycles. The normalized spacial score (nSPS) is 12.9. The molecule has 4 rings (SSSR count). The number of carbonyl (C=O) groups excluding carboxylic acids is 3. The molecule has 0 bridgehead atoms. The molecule has 0 aliphatic carbocycles. The number of hydrogen-bond donors (Lipinski definition) is 8. The summed E-state index contributed by atoms with van der Waals surface area (Å²) >= 11 is 0. The number of aliphatic carboxylic acids is 1. The van der Waals surface area contributed by atoms with Crippen LogP contribution >= 0.6 is 0 Å². The van der Waals surface area contributed by atoms with Gasteiger partial charge in [0.2, 0.25) is 0 Å². The summed E-state index contributed by atoms with van der Waals surface area (Å²) in [4.78, 5) is 62.1. The smallest absolute Gasteiger partial charge is 0.435 e. The van der Waals surface area contributed by atoms with Crippen molar-refractivity contribution in [2.75, 3.05) is 36.6 Å². The summed E-state index contributed by atoms with van der Waals surface area (Å²) in [5, 5.41) is 55.2. The van der Waals surface area contributed by atoms with Crippen molar-refractivity contribution in [1.82, 2.24) is 14.5 Å². The Labute approximate surface area is 351 Å². The molecule has 4 atom stereocenters. The van der Waals surface area contributed by atoms with Gasteiger partial charge in [-0.25, -0.2) is 19.6 Å². The average molecular weight is 860 g/mol. The minimum atomic E-state index is -2.20. The van der Waals surface area contributed by atoms with E-state index in [1.165, 1.54) is 4.90 Å². The Morgan fingerprint density at radius 1 is 0.918 bits per heavy atom. The Morgan fingerprint density at radius 2 is 1.61 bits per heavy atom. The second-order valence-electron chi connectivity index (χ2n) is 13.1. The van der Waals surface area contributed by atoms with Crippen LogP contribution in [-0.2, 0) is 32.7 Å². The first kappa shape index (κ1) is 52.9. The van der Waals surface area contributed by atoms with E-state index in [4.69, 9.17) is 50.8 Å². The number of pyridine rings is 1. The standard InChI is InChI=1S/C34H41N7O5.C6H12O7.2H2O/c1-4-6-7-10-21-46-34(44)39-32(35)24-12-15-26(16-13-24)37-23-30-38-27-22-25(14-17-28(27)40(30)3)33(43)41(20-18-31(42)45-5-2)29-11-8-9-19-36-29;7-1-2(8)3(9)4(10)5(11)6(12)13;;/h8-9,11-17,19,22,37H,4-7,10,18,20-21,23H2,1-3H3,(H2,35,39,44);2-5,7-11H,1H2,(H,12,13);2*1H2. The summed E-state index contributed by atoms with van der Waals surface area (Å²) in [6.07, 6.45) is -2.84. The maximum atomic E-state index is 13.6. The van der Waals surface area contributed by atoms with Crippen molar-refractivity contribution < 1.29 is 70.2 Å². The van der Waals surface area contributed by atoms with E-state index in [1.807, 2.05) is 29.8 Å². The van der Waals surface area contributed by atoms with Crippen LogP contribution in [0.15, 0.2) is 71.9 Å². The molecule has 0 saturated heterocycles. The third kappa shape index (κ3) is 16.1. The lowest BCUT2D eigenvalue weighted by atomic mass is 10.0. The number of aliphatic imine (C=N–C) groups is 1. The predicted octanol–water partition coefficient (Wildman–Crippen LogP) is 0.460. The number of carboxylic acid groups (broad SMARTS) is 1. The molecule has 21 nitrogen and oxygen atoms in total. The number of nitrogens with zero attached hydrogens (tertiary/aromatic N) is 5. The van der Waals surface area contributed by atoms with E-state index in [0.717, 1.165) is 42.7 Å². The van der Waals surface area contributed by atoms with E-state index in [2.05, 4.69) is 22.2 Å². The molecule has 2 aromatic carbocycles. The summed E-state index contributed by atoms with van der Waals surface area (Å²) in [5.41, 5.74) is 9.40. The van der Waals surface area contributed by atoms with Gasteiger partial charge in [0.1, 0.15) is 35.8 Å². The van der Waals surface area contributed by atoms with Crippen LogP contribution in [0.5, 0.6) is 0 Å². The number of aromatic nitrogens is 3. The van der Waals surface area contributed by atoms with E-state index < -0.39 is 43.1 Å². The van der Waals surface area contributed by atoms with Gasteiger partial charge in [0.25, 0.3) is 5.91 Å². The molecule has 21 heteroatoms. The fourth-order valence-corrected chi connectivity index (χ4v) is 5.46. The number of nitrogens with two attached hydrogens (primary N) is 1. The molecule has 2 aromatic heterocycles. The number of aliphatic hydroxyl groups excluding tert-OH is 5. The third-order valence-electron chi connectivity index (χ3n) is 8.81. The van der Waals surface area contributed by atoms with E-state index in [0.29, 0.717) is 35.6 Å². The third-order valence-corrected chi connectivity index (χ3v) is 8.81. The Morgan fingerprint density at radius 3 is 2.21 bits per heavy atom. The number of benzene rings is 2. The highest BCUT2D eigenvalue weighted by Crippen LogP contribution is 2.22. The molecule has 0 aliphatic heterocycles. The first-order valence-electron chi connectivity index (χ1n) is 19.0. The first-order valence-corrected chi connectivity index (χ1v) is 19.0. The molecular formula is C40H57N7O14. The number of unbranched alkanes of at least 4 members (excludes halogenated alkanes) is 3. The van der Waals surface area contributed by atoms with Gasteiger partial charge in [-0.2, -0.15) is 4.99 Å². The number of carboxylic acids is 1. The molecule has 0 spiro atoms. The molecule has 0 saturated carbocycles. The van der Waals surface area contributed by atoms with Gasteiger partial charge in [0, 0.05) is 36.6 Å². The number of amides is 2. The second kappa shape index (κ2) is 26.9. The van der Waals surface area contributed by atoms with E-state index in [9.17, 15) is 19.2 Å². The number of fused-ring (bicyclic) bond motifs is 1. The Bertz CT molecular complexity index is 2000. The van der Waals surface area contributed by atoms with Gasteiger partial charge in [0.15, 0.2) is 6.10 Å². The Hall–Kier alpha value is -6.07. The number of ether oxygens (including phenoxy) is 2. The molecule has 336 valence electrons. The molecule has 4 unspecified atom stereocenters. The van der Waals surface area contributed by atoms with E-state index in [1.54, 1.807) is 55.6 Å². The van der Waals surface area contributed by atoms with E-state index >= 15 is 0 Å². The number of esters is 1. The lowest BCUT2D eigenvalue weighted by molar-refractivity contribution is -0.164. The zero-order chi connectivity index (χ0) is 43.5. The van der Waals surface area contributed by atoms with Crippen LogP contribution in [-0.4, -0.2) is 137 Å². The van der Waals surface area contributed by atoms with Crippen LogP contribution in [0, 0.1) is 0 Å². The summed E-state index contributed by atoms with van der Waals surface area (Å²) in [6, 6.07) is 17.9. The van der Waals surface area contributed by atoms with Crippen molar-refractivity contribution in [2.24, 2.45) is 17.8 Å². The quantitative estimate of drug-likeness (QED) is 0.0259. The fourth-order valence-electron chi connectivity index (χ4n) is 5.46. The van der Waals surface area contributed by atoms with Crippen LogP contribution in [0.1, 0.15) is 67.7 Å². The second-order valence-corrected chi connectivity index (χ2v) is 13.1. The van der Waals surface area contributed by atoms with Crippen molar-refractivity contribution in [2.45, 2.75) is 76.9 Å². The van der Waals surface area contributed by atoms with Gasteiger partial charge >= 0.3 is 18.0 Å². The zero-order valence-corrected chi connectivity index (χ0v) is 34.2. The summed E-state index contributed by atoms with van der Waals surface area (Å²) in [6.45, 7) is 4.17. The summed E-state index contributed by atoms with van der Waals surface area (Å²) in [5.74, 6) is -1.11. The highest BCUT2D eigenvalue weighted by Gasteiger charge is 2.34. The van der Waals surface area contributed by atoms with Gasteiger partial charge in [-0.1, -0.05) is 32.3 Å². The van der Waals surface area contributed by atoms with Gasteiger partial charge in [0.05, 0.1) is 43.8 Å². The highest BCUT2D eigenvalue weighted by molar-refractivity contribution is 6.07. The maximum absolute atomic E-state index is 13.6. The molecule has 13 N–H and O–H groups in total.